The number of amides is 1. The van der Waals surface area contributed by atoms with Crippen molar-refractivity contribution in [3.05, 3.63) is 34.2 Å². The fourth-order valence-electron chi connectivity index (χ4n) is 2.30. The highest BCUT2D eigenvalue weighted by molar-refractivity contribution is 5.94. The highest BCUT2D eigenvalue weighted by Crippen LogP contribution is 2.25. The Morgan fingerprint density at radius 2 is 2.16 bits per heavy atom. The topological polar surface area (TPSA) is 88.4 Å². The molecule has 1 heterocycles. The molecule has 2 unspecified atom stereocenters. The lowest BCUT2D eigenvalue weighted by atomic mass is 10.1. The normalized spacial score (nSPS) is 22.2. The molecule has 0 radical (unpaired) electrons. The number of nitrogens with zero attached hydrogens (tertiary/aromatic N) is 1. The van der Waals surface area contributed by atoms with Gasteiger partial charge in [-0.3, -0.25) is 14.4 Å². The van der Waals surface area contributed by atoms with Gasteiger partial charge in [-0.25, -0.2) is 0 Å². The molecule has 1 aliphatic carbocycles. The second-order valence-corrected chi connectivity index (χ2v) is 4.88. The predicted octanol–water partition coefficient (Wildman–Crippen LogP) is 0.368. The van der Waals surface area contributed by atoms with Crippen molar-refractivity contribution in [2.24, 2.45) is 13.0 Å². The van der Waals surface area contributed by atoms with Gasteiger partial charge in [-0.15, -0.1) is 0 Å². The SMILES string of the molecule is Cn1ccc(C(=O)NC2CCC(C(=O)O)C2)cc1=O. The molecular weight excluding hydrogens is 248 g/mol. The molecule has 1 fully saturated rings. The fraction of sp³-hybridized carbons (Fsp3) is 0.462. The van der Waals surface area contributed by atoms with Gasteiger partial charge in [-0.1, -0.05) is 0 Å². The lowest BCUT2D eigenvalue weighted by molar-refractivity contribution is -0.141. The standard InChI is InChI=1S/C13H16N2O4/c1-15-5-4-8(7-11(15)16)12(17)14-10-3-2-9(6-10)13(18)19/h4-5,7,9-10H,2-3,6H2,1H3,(H,14,17)(H,18,19). The van der Waals surface area contributed by atoms with Gasteiger partial charge in [0.25, 0.3) is 11.5 Å². The van der Waals surface area contributed by atoms with E-state index >= 15 is 0 Å². The van der Waals surface area contributed by atoms with E-state index < -0.39 is 5.97 Å². The summed E-state index contributed by atoms with van der Waals surface area (Å²) in [5.41, 5.74) is 0.0596. The number of hydrogen-bond donors (Lipinski definition) is 2. The van der Waals surface area contributed by atoms with E-state index in [1.165, 1.54) is 16.8 Å². The Morgan fingerprint density at radius 1 is 1.42 bits per heavy atom. The maximum Gasteiger partial charge on any atom is 0.306 e. The highest BCUT2D eigenvalue weighted by atomic mass is 16.4. The minimum Gasteiger partial charge on any atom is -0.481 e. The summed E-state index contributed by atoms with van der Waals surface area (Å²) in [6.07, 6.45) is 3.22. The average Bonchev–Trinajstić information content (AvgIpc) is 2.81. The van der Waals surface area contributed by atoms with Crippen molar-refractivity contribution in [3.8, 4) is 0 Å². The third-order valence-corrected chi connectivity index (χ3v) is 3.48. The maximum absolute atomic E-state index is 11.9. The van der Waals surface area contributed by atoms with Crippen molar-refractivity contribution in [3.63, 3.8) is 0 Å². The summed E-state index contributed by atoms with van der Waals surface area (Å²) in [5, 5.41) is 11.7. The van der Waals surface area contributed by atoms with Crippen molar-refractivity contribution in [2.45, 2.75) is 25.3 Å². The first-order chi connectivity index (χ1) is 8.97. The molecule has 6 nitrogen and oxygen atoms in total. The number of pyridine rings is 1. The Hall–Kier alpha value is -2.11. The van der Waals surface area contributed by atoms with Crippen molar-refractivity contribution in [1.82, 2.24) is 9.88 Å². The summed E-state index contributed by atoms with van der Waals surface area (Å²) in [7, 11) is 1.61. The van der Waals surface area contributed by atoms with Crippen LogP contribution in [0.5, 0.6) is 0 Å². The number of hydrogen-bond acceptors (Lipinski definition) is 3. The van der Waals surface area contributed by atoms with Gasteiger partial charge in [0.15, 0.2) is 0 Å². The number of aryl methyl sites for hydroxylation is 1. The van der Waals surface area contributed by atoms with Crippen molar-refractivity contribution < 1.29 is 14.7 Å². The molecule has 1 aromatic heterocycles. The number of carbonyl (C=O) groups is 2. The molecule has 0 aromatic carbocycles. The average molecular weight is 264 g/mol. The number of carboxylic acid groups (broad SMARTS) is 1. The summed E-state index contributed by atoms with van der Waals surface area (Å²) in [5.74, 6) is -1.52. The van der Waals surface area contributed by atoms with Gasteiger partial charge in [0.1, 0.15) is 0 Å². The van der Waals surface area contributed by atoms with E-state index in [-0.39, 0.29) is 23.4 Å². The Labute approximate surface area is 110 Å². The zero-order valence-electron chi connectivity index (χ0n) is 10.6. The first-order valence-corrected chi connectivity index (χ1v) is 6.17. The van der Waals surface area contributed by atoms with Gasteiger partial charge < -0.3 is 15.0 Å². The van der Waals surface area contributed by atoms with Crippen LogP contribution >= 0.6 is 0 Å². The lowest BCUT2D eigenvalue weighted by Gasteiger charge is -2.12. The van der Waals surface area contributed by atoms with Gasteiger partial charge in [-0.2, -0.15) is 0 Å². The third-order valence-electron chi connectivity index (χ3n) is 3.48. The molecule has 0 saturated heterocycles. The largest absolute Gasteiger partial charge is 0.481 e. The van der Waals surface area contributed by atoms with Crippen LogP contribution in [-0.4, -0.2) is 27.6 Å². The molecule has 6 heteroatoms. The molecule has 1 amide bonds. The Kier molecular flexibility index (Phi) is 3.69. The van der Waals surface area contributed by atoms with Crippen molar-refractivity contribution >= 4 is 11.9 Å². The summed E-state index contributed by atoms with van der Waals surface area (Å²) >= 11 is 0. The molecule has 2 N–H and O–H groups in total. The number of nitrogens with one attached hydrogen (secondary N) is 1. The first-order valence-electron chi connectivity index (χ1n) is 6.17. The highest BCUT2D eigenvalue weighted by Gasteiger charge is 2.30. The second-order valence-electron chi connectivity index (χ2n) is 4.88. The number of aromatic nitrogens is 1. The zero-order valence-corrected chi connectivity index (χ0v) is 10.6. The Morgan fingerprint density at radius 3 is 2.74 bits per heavy atom. The molecule has 2 atom stereocenters. The van der Waals surface area contributed by atoms with Gasteiger partial charge >= 0.3 is 5.97 Å². The molecule has 2 rings (SSSR count). The third kappa shape index (κ3) is 3.01. The van der Waals surface area contributed by atoms with Crippen molar-refractivity contribution in [2.75, 3.05) is 0 Å². The van der Waals surface area contributed by atoms with Gasteiger partial charge in [0, 0.05) is 30.9 Å². The van der Waals surface area contributed by atoms with Crippen molar-refractivity contribution in [1.29, 1.82) is 0 Å². The summed E-state index contributed by atoms with van der Waals surface area (Å²) in [6.45, 7) is 0. The minimum absolute atomic E-state index is 0.127. The van der Waals surface area contributed by atoms with E-state index in [4.69, 9.17) is 5.11 Å². The lowest BCUT2D eigenvalue weighted by Crippen LogP contribution is -2.34. The van der Waals surface area contributed by atoms with Crippen LogP contribution < -0.4 is 10.9 Å². The molecule has 0 bridgehead atoms. The zero-order chi connectivity index (χ0) is 14.0. The van der Waals surface area contributed by atoms with E-state index in [0.717, 1.165) is 0 Å². The number of rotatable bonds is 3. The van der Waals surface area contributed by atoms with Gasteiger partial charge in [0.2, 0.25) is 0 Å². The molecule has 102 valence electrons. The van der Waals surface area contributed by atoms with Crippen LogP contribution in [0.25, 0.3) is 0 Å². The van der Waals surface area contributed by atoms with E-state index in [9.17, 15) is 14.4 Å². The molecule has 1 aromatic rings. The molecule has 19 heavy (non-hydrogen) atoms. The van der Waals surface area contributed by atoms with E-state index in [0.29, 0.717) is 24.8 Å². The van der Waals surface area contributed by atoms with Crippen LogP contribution in [-0.2, 0) is 11.8 Å². The quantitative estimate of drug-likeness (QED) is 0.825. The minimum atomic E-state index is -0.815. The van der Waals surface area contributed by atoms with Crippen LogP contribution in [0.4, 0.5) is 0 Å². The van der Waals surface area contributed by atoms with Crippen LogP contribution in [0.2, 0.25) is 0 Å². The van der Waals surface area contributed by atoms with Gasteiger partial charge in [0.05, 0.1) is 5.92 Å². The Bertz CT molecular complexity index is 564. The van der Waals surface area contributed by atoms with E-state index in [1.54, 1.807) is 13.1 Å². The summed E-state index contributed by atoms with van der Waals surface area (Å²) < 4.78 is 1.38. The smallest absolute Gasteiger partial charge is 0.306 e. The van der Waals surface area contributed by atoms with Crippen LogP contribution in [0.3, 0.4) is 0 Å². The van der Waals surface area contributed by atoms with Crippen LogP contribution in [0, 0.1) is 5.92 Å². The molecule has 0 spiro atoms. The van der Waals surface area contributed by atoms with Crippen LogP contribution in [0.1, 0.15) is 29.6 Å². The number of carbonyl (C=O) groups excluding carboxylic acids is 1. The van der Waals surface area contributed by atoms with Crippen LogP contribution in [0.15, 0.2) is 23.1 Å². The fourth-order valence-corrected chi connectivity index (χ4v) is 2.30. The second kappa shape index (κ2) is 5.26. The maximum atomic E-state index is 11.9. The number of carboxylic acids is 1. The Balaban J connectivity index is 2.00. The molecule has 1 saturated carbocycles. The van der Waals surface area contributed by atoms with Gasteiger partial charge in [-0.05, 0) is 25.3 Å². The predicted molar refractivity (Wildman–Crippen MR) is 67.9 cm³/mol. The summed E-state index contributed by atoms with van der Waals surface area (Å²) in [6, 6.07) is 2.72. The molecule has 1 aliphatic rings. The molecule has 0 aliphatic heterocycles. The van der Waals surface area contributed by atoms with E-state index in [2.05, 4.69) is 5.32 Å². The summed E-state index contributed by atoms with van der Waals surface area (Å²) in [4.78, 5) is 34.2. The van der Waals surface area contributed by atoms with E-state index in [1.807, 2.05) is 0 Å². The number of aliphatic carboxylic acids is 1. The monoisotopic (exact) mass is 264 g/mol. The molecular formula is C13H16N2O4. The first kappa shape index (κ1) is 13.3.